The van der Waals surface area contributed by atoms with Gasteiger partial charge in [0, 0.05) is 18.6 Å². The highest BCUT2D eigenvalue weighted by Crippen LogP contribution is 2.41. The van der Waals surface area contributed by atoms with Crippen molar-refractivity contribution >= 4 is 6.09 Å². The minimum Gasteiger partial charge on any atom is -0.444 e. The molecule has 1 amide bonds. The van der Waals surface area contributed by atoms with Gasteiger partial charge in [0.2, 0.25) is 0 Å². The summed E-state index contributed by atoms with van der Waals surface area (Å²) in [6.45, 7) is 8.09. The highest BCUT2D eigenvalue weighted by atomic mass is 16.6. The van der Waals surface area contributed by atoms with Crippen molar-refractivity contribution in [2.24, 2.45) is 0 Å². The first kappa shape index (κ1) is 11.3. The van der Waals surface area contributed by atoms with E-state index in [1.54, 1.807) is 0 Å². The lowest BCUT2D eigenvalue weighted by Crippen LogP contribution is -2.58. The van der Waals surface area contributed by atoms with Crippen molar-refractivity contribution < 1.29 is 9.53 Å². The number of ether oxygens (including phenoxy) is 1. The van der Waals surface area contributed by atoms with Crippen LogP contribution < -0.4 is 0 Å². The molecule has 3 rings (SSSR count). The van der Waals surface area contributed by atoms with Gasteiger partial charge in [0.25, 0.3) is 0 Å². The normalized spacial score (nSPS) is 36.4. The van der Waals surface area contributed by atoms with Gasteiger partial charge in [0.15, 0.2) is 0 Å². The van der Waals surface area contributed by atoms with Gasteiger partial charge in [-0.1, -0.05) is 0 Å². The fourth-order valence-corrected chi connectivity index (χ4v) is 3.66. The molecule has 17 heavy (non-hydrogen) atoms. The Morgan fingerprint density at radius 2 is 2.06 bits per heavy atom. The topological polar surface area (TPSA) is 32.8 Å². The molecule has 0 aromatic rings. The van der Waals surface area contributed by atoms with E-state index in [0.717, 1.165) is 19.4 Å². The third kappa shape index (κ3) is 1.82. The highest BCUT2D eigenvalue weighted by molar-refractivity contribution is 5.70. The van der Waals surface area contributed by atoms with E-state index in [4.69, 9.17) is 4.74 Å². The SMILES string of the molecule is CC(C)(C)OC(=O)N1C2CC3C1CCCN3C2. The average molecular weight is 238 g/mol. The number of rotatable bonds is 0. The van der Waals surface area contributed by atoms with Crippen LogP contribution in [0.3, 0.4) is 0 Å². The van der Waals surface area contributed by atoms with Gasteiger partial charge in [0.1, 0.15) is 5.60 Å². The van der Waals surface area contributed by atoms with Gasteiger partial charge >= 0.3 is 6.09 Å². The lowest BCUT2D eigenvalue weighted by molar-refractivity contribution is -0.0133. The van der Waals surface area contributed by atoms with Gasteiger partial charge in [-0.2, -0.15) is 0 Å². The van der Waals surface area contributed by atoms with Crippen LogP contribution in [0.15, 0.2) is 0 Å². The molecule has 2 bridgehead atoms. The molecule has 0 spiro atoms. The second kappa shape index (κ2) is 3.61. The van der Waals surface area contributed by atoms with E-state index in [1.165, 1.54) is 13.0 Å². The fourth-order valence-electron chi connectivity index (χ4n) is 3.66. The third-order valence-electron chi connectivity index (χ3n) is 4.17. The predicted molar refractivity (Wildman–Crippen MR) is 64.9 cm³/mol. The second-order valence-corrected chi connectivity index (χ2v) is 6.55. The Bertz CT molecular complexity index is 335. The van der Waals surface area contributed by atoms with Crippen LogP contribution in [0.1, 0.15) is 40.0 Å². The first-order valence-electron chi connectivity index (χ1n) is 6.71. The van der Waals surface area contributed by atoms with E-state index in [0.29, 0.717) is 18.1 Å². The molecule has 0 N–H and O–H groups in total. The van der Waals surface area contributed by atoms with E-state index in [2.05, 4.69) is 4.90 Å². The molecule has 3 fully saturated rings. The predicted octanol–water partition coefficient (Wildman–Crippen LogP) is 1.84. The van der Waals surface area contributed by atoms with Gasteiger partial charge in [-0.3, -0.25) is 9.80 Å². The molecule has 3 atom stereocenters. The molecule has 3 unspecified atom stereocenters. The largest absolute Gasteiger partial charge is 0.444 e. The second-order valence-electron chi connectivity index (χ2n) is 6.55. The van der Waals surface area contributed by atoms with E-state index in [-0.39, 0.29) is 11.7 Å². The number of piperidine rings is 1. The summed E-state index contributed by atoms with van der Waals surface area (Å²) in [5.41, 5.74) is -0.382. The quantitative estimate of drug-likeness (QED) is 0.645. The maximum absolute atomic E-state index is 12.2. The molecule has 3 aliphatic rings. The standard InChI is InChI=1S/C13H22N2O2/c1-13(2,3)17-12(16)15-9-7-11-10(15)5-4-6-14(11)8-9/h9-11H,4-8H2,1-3H3. The molecule has 3 saturated heterocycles. The molecular formula is C13H22N2O2. The summed E-state index contributed by atoms with van der Waals surface area (Å²) in [5, 5.41) is 0. The van der Waals surface area contributed by atoms with Crippen molar-refractivity contribution in [2.45, 2.75) is 63.8 Å². The Labute approximate surface area is 103 Å². The van der Waals surface area contributed by atoms with Crippen molar-refractivity contribution in [3.8, 4) is 0 Å². The van der Waals surface area contributed by atoms with Crippen LogP contribution in [0.2, 0.25) is 0 Å². The molecule has 4 heteroatoms. The molecule has 0 aliphatic carbocycles. The first-order valence-corrected chi connectivity index (χ1v) is 6.71. The molecule has 4 nitrogen and oxygen atoms in total. The summed E-state index contributed by atoms with van der Waals surface area (Å²) in [6, 6.07) is 1.43. The number of hydrogen-bond donors (Lipinski definition) is 0. The van der Waals surface area contributed by atoms with Crippen LogP contribution in [-0.4, -0.2) is 52.7 Å². The molecular weight excluding hydrogens is 216 g/mol. The minimum atomic E-state index is -0.382. The maximum atomic E-state index is 12.2. The van der Waals surface area contributed by atoms with Crippen LogP contribution in [0, 0.1) is 0 Å². The third-order valence-corrected chi connectivity index (χ3v) is 4.17. The van der Waals surface area contributed by atoms with Crippen molar-refractivity contribution in [2.75, 3.05) is 13.1 Å². The minimum absolute atomic E-state index is 0.100. The summed E-state index contributed by atoms with van der Waals surface area (Å²) in [5.74, 6) is 0. The van der Waals surface area contributed by atoms with Crippen molar-refractivity contribution in [3.63, 3.8) is 0 Å². The molecule has 3 aliphatic heterocycles. The number of nitrogens with zero attached hydrogens (tertiary/aromatic N) is 2. The van der Waals surface area contributed by atoms with Crippen molar-refractivity contribution in [1.29, 1.82) is 0 Å². The zero-order valence-electron chi connectivity index (χ0n) is 11.0. The smallest absolute Gasteiger partial charge is 0.410 e. The summed E-state index contributed by atoms with van der Waals surface area (Å²) in [6.07, 6.45) is 3.42. The molecule has 96 valence electrons. The van der Waals surface area contributed by atoms with Crippen molar-refractivity contribution in [3.05, 3.63) is 0 Å². The Morgan fingerprint density at radius 3 is 2.76 bits per heavy atom. The number of amides is 1. The van der Waals surface area contributed by atoms with Gasteiger partial charge in [-0.05, 0) is 46.6 Å². The highest BCUT2D eigenvalue weighted by Gasteiger charge is 2.54. The van der Waals surface area contributed by atoms with Gasteiger partial charge in [-0.25, -0.2) is 4.79 Å². The average Bonchev–Trinajstić information content (AvgIpc) is 2.70. The summed E-state index contributed by atoms with van der Waals surface area (Å²) < 4.78 is 5.53. The zero-order chi connectivity index (χ0) is 12.2. The molecule has 0 aromatic carbocycles. The number of carbonyl (C=O) groups excluding carboxylic acids is 1. The lowest BCUT2D eigenvalue weighted by atomic mass is 9.98. The summed E-state index contributed by atoms with van der Waals surface area (Å²) >= 11 is 0. The van der Waals surface area contributed by atoms with Crippen LogP contribution in [0.4, 0.5) is 4.79 Å². The van der Waals surface area contributed by atoms with E-state index in [9.17, 15) is 4.79 Å². The number of fused-ring (bicyclic) bond motifs is 1. The van der Waals surface area contributed by atoms with Crippen molar-refractivity contribution in [1.82, 2.24) is 9.80 Å². The van der Waals surface area contributed by atoms with E-state index in [1.807, 2.05) is 25.7 Å². The van der Waals surface area contributed by atoms with Gasteiger partial charge < -0.3 is 4.74 Å². The first-order chi connectivity index (χ1) is 7.96. The summed E-state index contributed by atoms with van der Waals surface area (Å²) in [4.78, 5) is 16.8. The monoisotopic (exact) mass is 238 g/mol. The maximum Gasteiger partial charge on any atom is 0.410 e. The van der Waals surface area contributed by atoms with Crippen LogP contribution in [0.5, 0.6) is 0 Å². The molecule has 0 aromatic heterocycles. The Balaban J connectivity index is 1.74. The van der Waals surface area contributed by atoms with Gasteiger partial charge in [0.05, 0.1) is 6.04 Å². The Morgan fingerprint density at radius 1 is 1.29 bits per heavy atom. The van der Waals surface area contributed by atoms with Gasteiger partial charge in [-0.15, -0.1) is 0 Å². The number of likely N-dealkylation sites (tertiary alicyclic amines) is 1. The van der Waals surface area contributed by atoms with Crippen LogP contribution in [-0.2, 0) is 4.74 Å². The molecule has 0 radical (unpaired) electrons. The Hall–Kier alpha value is -0.770. The number of carbonyl (C=O) groups is 1. The summed E-state index contributed by atoms with van der Waals surface area (Å²) in [7, 11) is 0. The number of hydrogen-bond acceptors (Lipinski definition) is 3. The van der Waals surface area contributed by atoms with E-state index < -0.39 is 0 Å². The van der Waals surface area contributed by atoms with Crippen LogP contribution >= 0.6 is 0 Å². The molecule has 0 saturated carbocycles. The fraction of sp³-hybridized carbons (Fsp3) is 0.923. The lowest BCUT2D eigenvalue weighted by Gasteiger charge is -2.44. The van der Waals surface area contributed by atoms with Crippen LogP contribution in [0.25, 0.3) is 0 Å². The van der Waals surface area contributed by atoms with E-state index >= 15 is 0 Å². The molecule has 3 heterocycles. The zero-order valence-corrected chi connectivity index (χ0v) is 11.0. The number of piperazine rings is 1. The Kier molecular flexibility index (Phi) is 2.41.